The minimum absolute atomic E-state index is 1.14. The maximum absolute atomic E-state index is 2.75. The van der Waals surface area contributed by atoms with E-state index in [1.54, 1.807) is 0 Å². The number of piperidine rings is 1. The molecule has 2 heteroatoms. The Bertz CT molecular complexity index is 253. The molecule has 0 unspecified atom stereocenters. The zero-order valence-corrected chi connectivity index (χ0v) is 12.6. The lowest BCUT2D eigenvalue weighted by atomic mass is 10.1. The van der Waals surface area contributed by atoms with Crippen LogP contribution in [0.5, 0.6) is 0 Å². The van der Waals surface area contributed by atoms with Gasteiger partial charge in [-0.15, -0.1) is 0 Å². The van der Waals surface area contributed by atoms with Gasteiger partial charge in [-0.2, -0.15) is 0 Å². The molecule has 1 aromatic carbocycles. The Labute approximate surface area is 113 Å². The molecular weight excluding hydrogens is 220 g/mol. The number of likely N-dealkylation sites (tertiary alicyclic amines) is 1. The van der Waals surface area contributed by atoms with Gasteiger partial charge in [-0.1, -0.05) is 50.6 Å². The summed E-state index contributed by atoms with van der Waals surface area (Å²) in [6.45, 7) is 7.71. The maximum Gasteiger partial charge on any atom is 0.0233 e. The Kier molecular flexibility index (Phi) is 12.0. The summed E-state index contributed by atoms with van der Waals surface area (Å²) in [5.74, 6) is 0. The van der Waals surface area contributed by atoms with Crippen molar-refractivity contribution in [2.75, 3.05) is 27.2 Å². The first-order chi connectivity index (χ1) is 8.86. The molecule has 104 valence electrons. The highest BCUT2D eigenvalue weighted by atomic mass is 15.1. The lowest BCUT2D eigenvalue weighted by Gasteiger charge is -2.26. The van der Waals surface area contributed by atoms with E-state index < -0.39 is 0 Å². The fourth-order valence-corrected chi connectivity index (χ4v) is 1.96. The van der Waals surface area contributed by atoms with Crippen LogP contribution < -0.4 is 5.32 Å². The van der Waals surface area contributed by atoms with E-state index in [4.69, 9.17) is 0 Å². The van der Waals surface area contributed by atoms with E-state index in [2.05, 4.69) is 40.5 Å². The summed E-state index contributed by atoms with van der Waals surface area (Å²) in [6, 6.07) is 10.8. The minimum atomic E-state index is 1.14. The molecule has 1 heterocycles. The molecule has 0 atom stereocenters. The first-order valence-corrected chi connectivity index (χ1v) is 7.21. The molecule has 1 saturated heterocycles. The lowest BCUT2D eigenvalue weighted by Crippen LogP contribution is -2.28. The van der Waals surface area contributed by atoms with Gasteiger partial charge in [0.15, 0.2) is 0 Å². The molecule has 1 fully saturated rings. The first kappa shape index (κ1) is 17.1. The van der Waals surface area contributed by atoms with Crippen LogP contribution in [0.3, 0.4) is 0 Å². The van der Waals surface area contributed by atoms with Gasteiger partial charge in [0.2, 0.25) is 0 Å². The average Bonchev–Trinajstić information content (AvgIpc) is 2.44. The van der Waals surface area contributed by atoms with Gasteiger partial charge in [0, 0.05) is 6.54 Å². The van der Waals surface area contributed by atoms with Gasteiger partial charge in [0.05, 0.1) is 0 Å². The minimum Gasteiger partial charge on any atom is -0.323 e. The topological polar surface area (TPSA) is 15.3 Å². The highest BCUT2D eigenvalue weighted by molar-refractivity contribution is 5.14. The zero-order valence-electron chi connectivity index (χ0n) is 12.6. The summed E-state index contributed by atoms with van der Waals surface area (Å²) >= 11 is 0. The fraction of sp³-hybridized carbons (Fsp3) is 0.625. The molecule has 1 aromatic rings. The van der Waals surface area contributed by atoms with Gasteiger partial charge in [-0.3, -0.25) is 4.90 Å². The van der Waals surface area contributed by atoms with Crippen molar-refractivity contribution in [3.63, 3.8) is 0 Å². The number of hydrogen-bond acceptors (Lipinski definition) is 2. The molecule has 0 aliphatic carbocycles. The van der Waals surface area contributed by atoms with Gasteiger partial charge in [-0.05, 0) is 45.6 Å². The highest BCUT2D eigenvalue weighted by Crippen LogP contribution is 2.12. The second-order valence-corrected chi connectivity index (χ2v) is 4.32. The summed E-state index contributed by atoms with van der Waals surface area (Å²) in [5, 5.41) is 2.75. The van der Waals surface area contributed by atoms with Crippen LogP contribution in [-0.4, -0.2) is 32.1 Å². The van der Waals surface area contributed by atoms with Crippen molar-refractivity contribution >= 4 is 0 Å². The monoisotopic (exact) mass is 250 g/mol. The lowest BCUT2D eigenvalue weighted by molar-refractivity contribution is 0.221. The van der Waals surface area contributed by atoms with Crippen LogP contribution in [0.4, 0.5) is 0 Å². The van der Waals surface area contributed by atoms with Crippen LogP contribution >= 0.6 is 0 Å². The molecule has 0 spiro atoms. The van der Waals surface area contributed by atoms with Crippen molar-refractivity contribution in [1.82, 2.24) is 10.2 Å². The molecule has 0 aromatic heterocycles. The van der Waals surface area contributed by atoms with E-state index in [0.717, 1.165) is 6.54 Å². The highest BCUT2D eigenvalue weighted by Gasteiger charge is 2.09. The number of rotatable bonds is 2. The molecule has 0 saturated carbocycles. The van der Waals surface area contributed by atoms with Crippen molar-refractivity contribution in [2.24, 2.45) is 0 Å². The van der Waals surface area contributed by atoms with Crippen molar-refractivity contribution in [1.29, 1.82) is 0 Å². The van der Waals surface area contributed by atoms with Crippen LogP contribution in [0.1, 0.15) is 38.7 Å². The second-order valence-electron chi connectivity index (χ2n) is 4.32. The van der Waals surface area contributed by atoms with Gasteiger partial charge in [0.1, 0.15) is 0 Å². The largest absolute Gasteiger partial charge is 0.323 e. The number of hydrogen-bond donors (Lipinski definition) is 1. The number of nitrogens with zero attached hydrogens (tertiary/aromatic N) is 1. The Morgan fingerprint density at radius 1 is 0.944 bits per heavy atom. The van der Waals surface area contributed by atoms with E-state index in [-0.39, 0.29) is 0 Å². The summed E-state index contributed by atoms with van der Waals surface area (Å²) in [5.41, 5.74) is 1.45. The third-order valence-corrected chi connectivity index (χ3v) is 2.70. The maximum atomic E-state index is 2.75. The molecular formula is C16H30N2. The fourth-order valence-electron chi connectivity index (χ4n) is 1.96. The molecule has 1 aliphatic rings. The standard InChI is InChI=1S/C12H17N.C2H7N.C2H6/c1-3-7-12(8-4-1)11-13-9-5-2-6-10-13;1-3-2;1-2/h1,3-4,7-8H,2,5-6,9-11H2;3H,1-2H3;1-2H3. The quantitative estimate of drug-likeness (QED) is 0.864. The zero-order chi connectivity index (χ0) is 13.6. The van der Waals surface area contributed by atoms with Crippen LogP contribution in [-0.2, 0) is 6.54 Å². The second kappa shape index (κ2) is 12.6. The third kappa shape index (κ3) is 8.26. The van der Waals surface area contributed by atoms with Crippen molar-refractivity contribution in [3.05, 3.63) is 35.9 Å². The van der Waals surface area contributed by atoms with Gasteiger partial charge < -0.3 is 5.32 Å². The Morgan fingerprint density at radius 2 is 1.44 bits per heavy atom. The number of benzene rings is 1. The smallest absolute Gasteiger partial charge is 0.0233 e. The predicted octanol–water partition coefficient (Wildman–Crippen LogP) is 3.53. The summed E-state index contributed by atoms with van der Waals surface area (Å²) in [4.78, 5) is 2.55. The number of nitrogens with one attached hydrogen (secondary N) is 1. The summed E-state index contributed by atoms with van der Waals surface area (Å²) in [7, 11) is 3.75. The van der Waals surface area contributed by atoms with E-state index in [9.17, 15) is 0 Å². The van der Waals surface area contributed by atoms with Gasteiger partial charge in [0.25, 0.3) is 0 Å². The van der Waals surface area contributed by atoms with E-state index in [1.807, 2.05) is 27.9 Å². The Morgan fingerprint density at radius 3 is 1.94 bits per heavy atom. The Balaban J connectivity index is 0.000000509. The summed E-state index contributed by atoms with van der Waals surface area (Å²) in [6.07, 6.45) is 4.19. The van der Waals surface area contributed by atoms with E-state index >= 15 is 0 Å². The van der Waals surface area contributed by atoms with Crippen LogP contribution in [0.2, 0.25) is 0 Å². The Hall–Kier alpha value is -0.860. The van der Waals surface area contributed by atoms with Gasteiger partial charge >= 0.3 is 0 Å². The van der Waals surface area contributed by atoms with Crippen LogP contribution in [0.25, 0.3) is 0 Å². The molecule has 18 heavy (non-hydrogen) atoms. The van der Waals surface area contributed by atoms with Crippen molar-refractivity contribution in [2.45, 2.75) is 39.7 Å². The van der Waals surface area contributed by atoms with Crippen molar-refractivity contribution < 1.29 is 0 Å². The molecule has 0 radical (unpaired) electrons. The normalized spacial score (nSPS) is 14.9. The van der Waals surface area contributed by atoms with Crippen LogP contribution in [0, 0.1) is 0 Å². The van der Waals surface area contributed by atoms with E-state index in [1.165, 1.54) is 37.9 Å². The third-order valence-electron chi connectivity index (χ3n) is 2.70. The summed E-state index contributed by atoms with van der Waals surface area (Å²) < 4.78 is 0. The average molecular weight is 250 g/mol. The molecule has 1 aliphatic heterocycles. The van der Waals surface area contributed by atoms with Gasteiger partial charge in [-0.25, -0.2) is 0 Å². The molecule has 0 bridgehead atoms. The predicted molar refractivity (Wildman–Crippen MR) is 81.9 cm³/mol. The molecule has 2 rings (SSSR count). The molecule has 0 amide bonds. The molecule has 2 nitrogen and oxygen atoms in total. The SMILES string of the molecule is CC.CNC.c1ccc(CN2CCCCC2)cc1. The van der Waals surface area contributed by atoms with E-state index in [0.29, 0.717) is 0 Å². The van der Waals surface area contributed by atoms with Crippen LogP contribution in [0.15, 0.2) is 30.3 Å². The van der Waals surface area contributed by atoms with Crippen molar-refractivity contribution in [3.8, 4) is 0 Å². The molecule has 1 N–H and O–H groups in total. The first-order valence-electron chi connectivity index (χ1n) is 7.21.